The van der Waals surface area contributed by atoms with Gasteiger partial charge in [0.2, 0.25) is 0 Å². The first-order chi connectivity index (χ1) is 20.4. The van der Waals surface area contributed by atoms with Crippen LogP contribution in [0.4, 0.5) is 0 Å². The molecule has 2 aromatic rings. The molecule has 0 aliphatic heterocycles. The average molecular weight is 587 g/mol. The molecule has 4 nitrogen and oxygen atoms in total. The molecule has 43 heavy (non-hydrogen) atoms. The van der Waals surface area contributed by atoms with Crippen LogP contribution in [-0.2, 0) is 33.6 Å². The van der Waals surface area contributed by atoms with Gasteiger partial charge in [-0.05, 0) is 96.6 Å². The molecule has 0 heterocycles. The quantitative estimate of drug-likeness (QED) is 0.184. The summed E-state index contributed by atoms with van der Waals surface area (Å²) in [5, 5.41) is 0. The summed E-state index contributed by atoms with van der Waals surface area (Å²) in [6.45, 7) is 16.4. The number of hydrogen-bond acceptors (Lipinski definition) is 4. The van der Waals surface area contributed by atoms with E-state index in [9.17, 15) is 19.2 Å². The van der Waals surface area contributed by atoms with Crippen LogP contribution in [-0.4, -0.2) is 23.1 Å². The first kappa shape index (κ1) is 34.6. The molecule has 0 aromatic heterocycles. The van der Waals surface area contributed by atoms with Crippen molar-refractivity contribution in [3.8, 4) is 0 Å². The largest absolute Gasteiger partial charge is 0.300 e. The van der Waals surface area contributed by atoms with Gasteiger partial charge in [0.1, 0.15) is 17.3 Å². The maximum Gasteiger partial charge on any atom is 0.163 e. The molecule has 1 aliphatic rings. The number of ketones is 4. The highest BCUT2D eigenvalue weighted by Crippen LogP contribution is 2.40. The van der Waals surface area contributed by atoms with Crippen LogP contribution in [0.3, 0.4) is 0 Å². The SMILES string of the molecule is CCCC(CC1CC(=O)c2c(C)c(CCC(=O)Cc3ccc(C(C)C)cc3)cc(C(C)C)c2C1)C(CC)C(=O)CC(C)=O. The third kappa shape index (κ3) is 9.06. The molecule has 3 rings (SSSR count). The maximum absolute atomic E-state index is 13.8. The number of benzene rings is 2. The van der Waals surface area contributed by atoms with Gasteiger partial charge >= 0.3 is 0 Å². The average Bonchev–Trinajstić information content (AvgIpc) is 2.92. The number of aryl methyl sites for hydroxylation is 1. The van der Waals surface area contributed by atoms with Crippen molar-refractivity contribution in [2.75, 3.05) is 0 Å². The summed E-state index contributed by atoms with van der Waals surface area (Å²) >= 11 is 0. The van der Waals surface area contributed by atoms with Crippen molar-refractivity contribution in [2.24, 2.45) is 17.8 Å². The van der Waals surface area contributed by atoms with Crippen LogP contribution >= 0.6 is 0 Å². The minimum absolute atomic E-state index is 0.0114. The summed E-state index contributed by atoms with van der Waals surface area (Å²) in [4.78, 5) is 51.4. The number of hydrogen-bond donors (Lipinski definition) is 0. The Hall–Kier alpha value is -2.88. The third-order valence-electron chi connectivity index (χ3n) is 9.57. The zero-order valence-electron chi connectivity index (χ0n) is 28.0. The van der Waals surface area contributed by atoms with Gasteiger partial charge in [-0.1, -0.05) is 84.7 Å². The molecule has 3 atom stereocenters. The Labute approximate surface area is 260 Å². The number of Topliss-reactive ketones (excluding diaryl/α,β-unsaturated/α-hetero) is 4. The standard InChI is InChI=1S/C39H54O4/c1-9-11-32(34(10-2)37(42)18-26(7)40)19-29-21-36-35(25(5)6)23-31(27(8)39(36)38(43)22-29)16-17-33(41)20-28-12-14-30(15-13-28)24(3)4/h12-15,23-25,29,32,34H,9-11,16-22H2,1-8H3. The van der Waals surface area contributed by atoms with E-state index < -0.39 is 0 Å². The second kappa shape index (κ2) is 15.7. The molecule has 0 N–H and O–H groups in total. The molecule has 0 bridgehead atoms. The van der Waals surface area contributed by atoms with Crippen LogP contribution in [0.15, 0.2) is 30.3 Å². The van der Waals surface area contributed by atoms with E-state index >= 15 is 0 Å². The molecule has 2 aromatic carbocycles. The van der Waals surface area contributed by atoms with Crippen LogP contribution in [0.1, 0.15) is 149 Å². The first-order valence-corrected chi connectivity index (χ1v) is 16.7. The van der Waals surface area contributed by atoms with Crippen molar-refractivity contribution in [1.29, 1.82) is 0 Å². The smallest absolute Gasteiger partial charge is 0.163 e. The fourth-order valence-electron chi connectivity index (χ4n) is 7.27. The molecule has 1 aliphatic carbocycles. The molecule has 0 fully saturated rings. The van der Waals surface area contributed by atoms with Crippen LogP contribution in [0.5, 0.6) is 0 Å². The predicted octanol–water partition coefficient (Wildman–Crippen LogP) is 9.11. The monoisotopic (exact) mass is 586 g/mol. The summed E-state index contributed by atoms with van der Waals surface area (Å²) in [5.41, 5.74) is 7.75. The number of carbonyl (C=O) groups is 4. The second-order valence-corrected chi connectivity index (χ2v) is 13.7. The summed E-state index contributed by atoms with van der Waals surface area (Å²) in [6, 6.07) is 10.6. The van der Waals surface area contributed by atoms with E-state index in [0.717, 1.165) is 54.4 Å². The van der Waals surface area contributed by atoms with Crippen LogP contribution in [0, 0.1) is 24.7 Å². The van der Waals surface area contributed by atoms with Crippen molar-refractivity contribution >= 4 is 23.1 Å². The topological polar surface area (TPSA) is 68.3 Å². The van der Waals surface area contributed by atoms with Gasteiger partial charge < -0.3 is 0 Å². The van der Waals surface area contributed by atoms with Gasteiger partial charge in [0.05, 0.1) is 6.42 Å². The Balaban J connectivity index is 1.79. The molecule has 0 spiro atoms. The molecular formula is C39H54O4. The molecular weight excluding hydrogens is 532 g/mol. The molecule has 0 saturated heterocycles. The minimum atomic E-state index is -0.125. The van der Waals surface area contributed by atoms with Crippen LogP contribution < -0.4 is 0 Å². The lowest BCUT2D eigenvalue weighted by Gasteiger charge is -2.33. The van der Waals surface area contributed by atoms with Gasteiger partial charge in [-0.15, -0.1) is 0 Å². The molecule has 0 radical (unpaired) electrons. The molecule has 4 heteroatoms. The lowest BCUT2D eigenvalue weighted by Crippen LogP contribution is -2.30. The fraction of sp³-hybridized carbons (Fsp3) is 0.590. The van der Waals surface area contributed by atoms with E-state index in [1.54, 1.807) is 0 Å². The highest BCUT2D eigenvalue weighted by atomic mass is 16.1. The minimum Gasteiger partial charge on any atom is -0.300 e. The molecule has 0 saturated carbocycles. The van der Waals surface area contributed by atoms with Crippen molar-refractivity contribution in [3.63, 3.8) is 0 Å². The van der Waals surface area contributed by atoms with E-state index in [2.05, 4.69) is 71.9 Å². The normalized spacial score (nSPS) is 16.3. The van der Waals surface area contributed by atoms with Gasteiger partial charge in [-0.25, -0.2) is 0 Å². The van der Waals surface area contributed by atoms with Gasteiger partial charge in [0, 0.05) is 30.7 Å². The Morgan fingerprint density at radius 3 is 2.19 bits per heavy atom. The van der Waals surface area contributed by atoms with E-state index in [1.807, 2.05) is 6.92 Å². The van der Waals surface area contributed by atoms with Crippen LogP contribution in [0.2, 0.25) is 0 Å². The second-order valence-electron chi connectivity index (χ2n) is 13.7. The van der Waals surface area contributed by atoms with E-state index in [0.29, 0.717) is 31.6 Å². The van der Waals surface area contributed by atoms with E-state index in [-0.39, 0.29) is 53.2 Å². The first-order valence-electron chi connectivity index (χ1n) is 16.7. The lowest BCUT2D eigenvalue weighted by molar-refractivity contribution is -0.130. The van der Waals surface area contributed by atoms with Gasteiger partial charge in [0.15, 0.2) is 5.78 Å². The molecule has 3 unspecified atom stereocenters. The number of carbonyl (C=O) groups excluding carboxylic acids is 4. The van der Waals surface area contributed by atoms with Crippen molar-refractivity contribution in [3.05, 3.63) is 69.3 Å². The van der Waals surface area contributed by atoms with Crippen molar-refractivity contribution < 1.29 is 19.2 Å². The molecule has 234 valence electrons. The summed E-state index contributed by atoms with van der Waals surface area (Å²) in [5.74, 6) is 1.40. The maximum atomic E-state index is 13.8. The number of fused-ring (bicyclic) bond motifs is 1. The van der Waals surface area contributed by atoms with Crippen molar-refractivity contribution in [1.82, 2.24) is 0 Å². The van der Waals surface area contributed by atoms with Gasteiger partial charge in [0.25, 0.3) is 0 Å². The summed E-state index contributed by atoms with van der Waals surface area (Å²) < 4.78 is 0. The Morgan fingerprint density at radius 1 is 0.953 bits per heavy atom. The Kier molecular flexibility index (Phi) is 12.7. The Bertz CT molecular complexity index is 1300. The van der Waals surface area contributed by atoms with E-state index in [4.69, 9.17) is 0 Å². The molecule has 0 amide bonds. The van der Waals surface area contributed by atoms with Gasteiger partial charge in [-0.2, -0.15) is 0 Å². The predicted molar refractivity (Wildman–Crippen MR) is 176 cm³/mol. The van der Waals surface area contributed by atoms with Gasteiger partial charge in [-0.3, -0.25) is 19.2 Å². The highest BCUT2D eigenvalue weighted by Gasteiger charge is 2.34. The third-order valence-corrected chi connectivity index (χ3v) is 9.57. The van der Waals surface area contributed by atoms with Crippen molar-refractivity contribution in [2.45, 2.75) is 131 Å². The fourth-order valence-corrected chi connectivity index (χ4v) is 7.27. The zero-order chi connectivity index (χ0) is 31.8. The summed E-state index contributed by atoms with van der Waals surface area (Å²) in [7, 11) is 0. The van der Waals surface area contributed by atoms with Crippen LogP contribution in [0.25, 0.3) is 0 Å². The lowest BCUT2D eigenvalue weighted by atomic mass is 9.70. The zero-order valence-corrected chi connectivity index (χ0v) is 28.0. The van der Waals surface area contributed by atoms with E-state index in [1.165, 1.54) is 23.6 Å². The Morgan fingerprint density at radius 2 is 1.63 bits per heavy atom. The summed E-state index contributed by atoms with van der Waals surface area (Å²) in [6.07, 6.45) is 6.39. The highest BCUT2D eigenvalue weighted by molar-refractivity contribution is 6.01. The number of rotatable bonds is 16.